The van der Waals surface area contributed by atoms with Gasteiger partial charge in [0.15, 0.2) is 0 Å². The molecular formula is C19H31N. The summed E-state index contributed by atoms with van der Waals surface area (Å²) in [7, 11) is 0. The average Bonchev–Trinajstić information content (AvgIpc) is 2.46. The van der Waals surface area contributed by atoms with E-state index in [0.29, 0.717) is 0 Å². The molecule has 1 N–H and O–H groups in total. The molecule has 1 fully saturated rings. The zero-order valence-electron chi connectivity index (χ0n) is 13.7. The van der Waals surface area contributed by atoms with Gasteiger partial charge in [-0.3, -0.25) is 0 Å². The largest absolute Gasteiger partial charge is 0.313 e. The lowest BCUT2D eigenvalue weighted by molar-refractivity contribution is 0.232. The van der Waals surface area contributed by atoms with E-state index in [9.17, 15) is 0 Å². The highest BCUT2D eigenvalue weighted by Gasteiger charge is 2.26. The van der Waals surface area contributed by atoms with Crippen LogP contribution in [0.15, 0.2) is 30.3 Å². The maximum absolute atomic E-state index is 3.82. The van der Waals surface area contributed by atoms with Crippen molar-refractivity contribution in [1.29, 1.82) is 0 Å². The Morgan fingerprint density at radius 3 is 2.20 bits per heavy atom. The van der Waals surface area contributed by atoms with Crippen LogP contribution in [0.1, 0.15) is 58.9 Å². The van der Waals surface area contributed by atoms with E-state index >= 15 is 0 Å². The van der Waals surface area contributed by atoms with Crippen molar-refractivity contribution in [2.24, 2.45) is 11.8 Å². The third-order valence-electron chi connectivity index (χ3n) is 5.10. The van der Waals surface area contributed by atoms with Gasteiger partial charge < -0.3 is 5.32 Å². The summed E-state index contributed by atoms with van der Waals surface area (Å²) in [5.74, 6) is 1.81. The smallest absolute Gasteiger partial charge is 0.00676 e. The molecule has 0 aliphatic heterocycles. The van der Waals surface area contributed by atoms with E-state index in [0.717, 1.165) is 24.4 Å². The molecule has 0 bridgehead atoms. The quantitative estimate of drug-likeness (QED) is 0.815. The second-order valence-corrected chi connectivity index (χ2v) is 7.49. The monoisotopic (exact) mass is 273 g/mol. The topological polar surface area (TPSA) is 12.0 Å². The molecule has 112 valence electrons. The minimum atomic E-state index is 0.218. The molecule has 1 aromatic rings. The van der Waals surface area contributed by atoms with Crippen LogP contribution in [0.2, 0.25) is 0 Å². The molecule has 1 aromatic carbocycles. The number of hydrogen-bond acceptors (Lipinski definition) is 1. The number of rotatable bonds is 5. The van der Waals surface area contributed by atoms with Crippen molar-refractivity contribution in [1.82, 2.24) is 5.32 Å². The van der Waals surface area contributed by atoms with Crippen molar-refractivity contribution < 1.29 is 0 Å². The van der Waals surface area contributed by atoms with Gasteiger partial charge in [-0.1, -0.05) is 58.0 Å². The van der Waals surface area contributed by atoms with Crippen LogP contribution in [0.5, 0.6) is 0 Å². The molecule has 1 aliphatic rings. The van der Waals surface area contributed by atoms with Crippen molar-refractivity contribution in [3.63, 3.8) is 0 Å². The lowest BCUT2D eigenvalue weighted by atomic mass is 9.79. The van der Waals surface area contributed by atoms with E-state index in [2.05, 4.69) is 63.3 Å². The highest BCUT2D eigenvalue weighted by molar-refractivity contribution is 5.23. The van der Waals surface area contributed by atoms with Gasteiger partial charge in [0.05, 0.1) is 0 Å². The Hall–Kier alpha value is -0.820. The molecule has 2 rings (SSSR count). The van der Waals surface area contributed by atoms with E-state index in [-0.39, 0.29) is 5.41 Å². The summed E-state index contributed by atoms with van der Waals surface area (Å²) in [6.07, 6.45) is 5.52. The Kier molecular flexibility index (Phi) is 5.26. The SMILES string of the molecule is CC(C)C1CCC(NCC(C)(C)c2ccccc2)CC1. The molecule has 0 radical (unpaired) electrons. The highest BCUT2D eigenvalue weighted by Crippen LogP contribution is 2.30. The Morgan fingerprint density at radius 2 is 1.65 bits per heavy atom. The summed E-state index contributed by atoms with van der Waals surface area (Å²) in [6, 6.07) is 11.6. The van der Waals surface area contributed by atoms with E-state index in [1.165, 1.54) is 31.2 Å². The summed E-state index contributed by atoms with van der Waals surface area (Å²) in [6.45, 7) is 10.5. The Morgan fingerprint density at radius 1 is 1.05 bits per heavy atom. The van der Waals surface area contributed by atoms with Crippen molar-refractivity contribution in [2.75, 3.05) is 6.54 Å². The molecule has 0 amide bonds. The predicted molar refractivity (Wildman–Crippen MR) is 88.1 cm³/mol. The zero-order chi connectivity index (χ0) is 14.6. The van der Waals surface area contributed by atoms with Crippen LogP contribution in [-0.2, 0) is 5.41 Å². The van der Waals surface area contributed by atoms with Crippen LogP contribution < -0.4 is 5.32 Å². The summed E-state index contributed by atoms with van der Waals surface area (Å²) >= 11 is 0. The van der Waals surface area contributed by atoms with Gasteiger partial charge in [-0.15, -0.1) is 0 Å². The average molecular weight is 273 g/mol. The predicted octanol–water partition coefficient (Wildman–Crippen LogP) is 4.77. The fourth-order valence-electron chi connectivity index (χ4n) is 3.38. The van der Waals surface area contributed by atoms with E-state index < -0.39 is 0 Å². The minimum absolute atomic E-state index is 0.218. The number of benzene rings is 1. The number of hydrogen-bond donors (Lipinski definition) is 1. The second kappa shape index (κ2) is 6.76. The van der Waals surface area contributed by atoms with Crippen molar-refractivity contribution in [2.45, 2.75) is 64.8 Å². The summed E-state index contributed by atoms with van der Waals surface area (Å²) < 4.78 is 0. The molecule has 0 aromatic heterocycles. The zero-order valence-corrected chi connectivity index (χ0v) is 13.7. The molecule has 0 unspecified atom stereocenters. The van der Waals surface area contributed by atoms with Crippen molar-refractivity contribution in [3.05, 3.63) is 35.9 Å². The van der Waals surface area contributed by atoms with Gasteiger partial charge in [-0.05, 0) is 43.1 Å². The molecule has 20 heavy (non-hydrogen) atoms. The van der Waals surface area contributed by atoms with E-state index in [1.807, 2.05) is 0 Å². The van der Waals surface area contributed by atoms with Crippen LogP contribution in [0, 0.1) is 11.8 Å². The third-order valence-corrected chi connectivity index (χ3v) is 5.10. The molecule has 0 spiro atoms. The Labute approximate surface area is 125 Å². The molecular weight excluding hydrogens is 242 g/mol. The second-order valence-electron chi connectivity index (χ2n) is 7.49. The molecule has 1 nitrogen and oxygen atoms in total. The standard InChI is InChI=1S/C19H31N/c1-15(2)16-10-12-18(13-11-16)20-14-19(3,4)17-8-6-5-7-9-17/h5-9,15-16,18,20H,10-14H2,1-4H3. The lowest BCUT2D eigenvalue weighted by Crippen LogP contribution is -2.41. The maximum atomic E-state index is 3.82. The highest BCUT2D eigenvalue weighted by atomic mass is 14.9. The van der Waals surface area contributed by atoms with Crippen LogP contribution >= 0.6 is 0 Å². The van der Waals surface area contributed by atoms with Gasteiger partial charge in [0, 0.05) is 18.0 Å². The first kappa shape index (κ1) is 15.6. The van der Waals surface area contributed by atoms with Crippen molar-refractivity contribution in [3.8, 4) is 0 Å². The van der Waals surface area contributed by atoms with Crippen LogP contribution in [0.3, 0.4) is 0 Å². The van der Waals surface area contributed by atoms with Gasteiger partial charge in [-0.25, -0.2) is 0 Å². The van der Waals surface area contributed by atoms with Gasteiger partial charge in [0.1, 0.15) is 0 Å². The first-order valence-electron chi connectivity index (χ1n) is 8.28. The van der Waals surface area contributed by atoms with Crippen LogP contribution in [0.25, 0.3) is 0 Å². The van der Waals surface area contributed by atoms with Gasteiger partial charge in [0.2, 0.25) is 0 Å². The Balaban J connectivity index is 1.81. The minimum Gasteiger partial charge on any atom is -0.313 e. The number of nitrogens with one attached hydrogen (secondary N) is 1. The Bertz CT molecular complexity index is 385. The molecule has 0 atom stereocenters. The molecule has 1 saturated carbocycles. The molecule has 1 aliphatic carbocycles. The first-order chi connectivity index (χ1) is 9.49. The van der Waals surface area contributed by atoms with E-state index in [1.54, 1.807) is 0 Å². The van der Waals surface area contributed by atoms with Gasteiger partial charge in [0.25, 0.3) is 0 Å². The molecule has 0 saturated heterocycles. The summed E-state index contributed by atoms with van der Waals surface area (Å²) in [5.41, 5.74) is 1.65. The fraction of sp³-hybridized carbons (Fsp3) is 0.684. The molecule has 0 heterocycles. The third kappa shape index (κ3) is 4.09. The summed E-state index contributed by atoms with van der Waals surface area (Å²) in [4.78, 5) is 0. The van der Waals surface area contributed by atoms with Gasteiger partial charge >= 0.3 is 0 Å². The van der Waals surface area contributed by atoms with Crippen LogP contribution in [-0.4, -0.2) is 12.6 Å². The fourth-order valence-corrected chi connectivity index (χ4v) is 3.38. The van der Waals surface area contributed by atoms with Gasteiger partial charge in [-0.2, -0.15) is 0 Å². The molecule has 1 heteroatoms. The normalized spacial score (nSPS) is 24.1. The van der Waals surface area contributed by atoms with Crippen molar-refractivity contribution >= 4 is 0 Å². The maximum Gasteiger partial charge on any atom is 0.00676 e. The van der Waals surface area contributed by atoms with Crippen LogP contribution in [0.4, 0.5) is 0 Å². The summed E-state index contributed by atoms with van der Waals surface area (Å²) in [5, 5.41) is 3.82. The van der Waals surface area contributed by atoms with E-state index in [4.69, 9.17) is 0 Å². The lowest BCUT2D eigenvalue weighted by Gasteiger charge is -2.34. The first-order valence-corrected chi connectivity index (χ1v) is 8.28.